The molecule has 80 valence electrons. The van der Waals surface area contributed by atoms with Crippen molar-refractivity contribution in [3.05, 3.63) is 18.2 Å². The van der Waals surface area contributed by atoms with Gasteiger partial charge in [0.1, 0.15) is 5.82 Å². The summed E-state index contributed by atoms with van der Waals surface area (Å²) in [6.45, 7) is 0.407. The predicted molar refractivity (Wildman–Crippen MR) is 56.5 cm³/mol. The van der Waals surface area contributed by atoms with Gasteiger partial charge in [0.25, 0.3) is 0 Å². The molecule has 0 aliphatic rings. The van der Waals surface area contributed by atoms with Crippen LogP contribution in [0.5, 0.6) is 0 Å². The molecule has 0 aliphatic carbocycles. The minimum atomic E-state index is -0.630. The first kappa shape index (κ1) is 11.3. The molecule has 0 saturated heterocycles. The maximum absolute atomic E-state index is 11.6. The molecular weight excluding hydrogens is 192 g/mol. The molecule has 1 atom stereocenters. The maximum atomic E-state index is 11.6. The lowest BCUT2D eigenvalue weighted by Gasteiger charge is -2.18. The summed E-state index contributed by atoms with van der Waals surface area (Å²) in [6, 6.07) is -0.630. The molecule has 1 aromatic heterocycles. The Kier molecular flexibility index (Phi) is 3.89. The Morgan fingerprint density at radius 3 is 3.13 bits per heavy atom. The van der Waals surface area contributed by atoms with Crippen LogP contribution in [0.15, 0.2) is 12.4 Å². The average molecular weight is 206 g/mol. The number of carbonyl (C=O) groups excluding carboxylic acids is 1. The first-order chi connectivity index (χ1) is 7.15. The Morgan fingerprint density at radius 1 is 1.87 bits per heavy atom. The minimum absolute atomic E-state index is 0.177. The fourth-order valence-corrected chi connectivity index (χ4v) is 1.18. The summed E-state index contributed by atoms with van der Waals surface area (Å²) in [5, 5.41) is 0. The van der Waals surface area contributed by atoms with Crippen molar-refractivity contribution in [2.45, 2.75) is 19.0 Å². The van der Waals surface area contributed by atoms with Crippen molar-refractivity contribution in [3.63, 3.8) is 0 Å². The van der Waals surface area contributed by atoms with Gasteiger partial charge in [0.15, 0.2) is 0 Å². The molecule has 15 heavy (non-hydrogen) atoms. The van der Waals surface area contributed by atoms with E-state index in [9.17, 15) is 4.79 Å². The van der Waals surface area contributed by atoms with Crippen LogP contribution >= 0.6 is 0 Å². The largest absolute Gasteiger partial charge is 0.347 e. The molecule has 0 bridgehead atoms. The van der Waals surface area contributed by atoms with Crippen molar-refractivity contribution < 1.29 is 4.79 Å². The van der Waals surface area contributed by atoms with E-state index in [1.165, 1.54) is 4.90 Å². The first-order valence-corrected chi connectivity index (χ1v) is 4.57. The monoisotopic (exact) mass is 206 g/mol. The molecule has 1 aromatic rings. The van der Waals surface area contributed by atoms with Gasteiger partial charge >= 0.3 is 0 Å². The number of rotatable bonds is 4. The summed E-state index contributed by atoms with van der Waals surface area (Å²) in [5.41, 5.74) is 5.59. The van der Waals surface area contributed by atoms with Crippen LogP contribution in [0.4, 0.5) is 0 Å². The summed E-state index contributed by atoms with van der Waals surface area (Å²) in [5.74, 6) is 2.91. The van der Waals surface area contributed by atoms with E-state index < -0.39 is 6.04 Å². The van der Waals surface area contributed by atoms with Crippen molar-refractivity contribution >= 4 is 5.91 Å². The van der Waals surface area contributed by atoms with Crippen LogP contribution in [-0.2, 0) is 11.3 Å². The van der Waals surface area contributed by atoms with Crippen LogP contribution in [0.25, 0.3) is 0 Å². The summed E-state index contributed by atoms with van der Waals surface area (Å²) in [6.07, 6.45) is 8.67. The van der Waals surface area contributed by atoms with E-state index in [1.807, 2.05) is 0 Å². The molecular formula is C10H14N4O. The van der Waals surface area contributed by atoms with Gasteiger partial charge in [-0.05, 0) is 0 Å². The van der Waals surface area contributed by atoms with Crippen LogP contribution in [0.2, 0.25) is 0 Å². The zero-order valence-corrected chi connectivity index (χ0v) is 8.60. The molecule has 1 amide bonds. The van der Waals surface area contributed by atoms with Gasteiger partial charge in [-0.1, -0.05) is 0 Å². The molecule has 0 radical (unpaired) electrons. The van der Waals surface area contributed by atoms with Crippen LogP contribution in [0.1, 0.15) is 12.2 Å². The van der Waals surface area contributed by atoms with E-state index in [4.69, 9.17) is 12.2 Å². The number of nitrogens with zero attached hydrogens (tertiary/aromatic N) is 2. The van der Waals surface area contributed by atoms with Crippen LogP contribution < -0.4 is 5.73 Å². The van der Waals surface area contributed by atoms with Gasteiger partial charge in [-0.25, -0.2) is 4.98 Å². The molecule has 1 heterocycles. The number of terminal acetylenes is 1. The van der Waals surface area contributed by atoms with Crippen LogP contribution in [-0.4, -0.2) is 33.9 Å². The number of hydrogen-bond acceptors (Lipinski definition) is 3. The van der Waals surface area contributed by atoms with E-state index in [2.05, 4.69) is 15.9 Å². The number of aromatic amines is 1. The summed E-state index contributed by atoms with van der Waals surface area (Å²) in [4.78, 5) is 20.0. The maximum Gasteiger partial charge on any atom is 0.240 e. The normalized spacial score (nSPS) is 11.8. The molecule has 0 spiro atoms. The second-order valence-corrected chi connectivity index (χ2v) is 3.24. The highest BCUT2D eigenvalue weighted by molar-refractivity contribution is 5.81. The number of likely N-dealkylation sites (N-methyl/N-ethyl adjacent to an activating group) is 1. The number of imidazole rings is 1. The van der Waals surface area contributed by atoms with E-state index in [-0.39, 0.29) is 12.3 Å². The molecule has 0 fully saturated rings. The van der Waals surface area contributed by atoms with Crippen molar-refractivity contribution in [3.8, 4) is 12.3 Å². The Bertz CT molecular complexity index is 352. The molecule has 0 saturated carbocycles. The average Bonchev–Trinajstić information content (AvgIpc) is 2.69. The van der Waals surface area contributed by atoms with Gasteiger partial charge in [-0.15, -0.1) is 12.3 Å². The first-order valence-electron chi connectivity index (χ1n) is 4.57. The van der Waals surface area contributed by atoms with Crippen molar-refractivity contribution in [1.29, 1.82) is 0 Å². The van der Waals surface area contributed by atoms with Crippen LogP contribution in [0.3, 0.4) is 0 Å². The van der Waals surface area contributed by atoms with Gasteiger partial charge in [-0.2, -0.15) is 0 Å². The molecule has 5 heteroatoms. The molecule has 0 aliphatic heterocycles. The lowest BCUT2D eigenvalue weighted by Crippen LogP contribution is -2.41. The zero-order chi connectivity index (χ0) is 11.3. The van der Waals surface area contributed by atoms with Gasteiger partial charge in [0.2, 0.25) is 5.91 Å². The Hall–Kier alpha value is -1.80. The standard InChI is InChI=1S/C10H14N4O/c1-3-4-8(11)10(15)14(2)7-9-12-5-6-13-9/h1,5-6,8H,4,7,11H2,2H3,(H,12,13). The van der Waals surface area contributed by atoms with E-state index in [0.717, 1.165) is 5.82 Å². The number of hydrogen-bond donors (Lipinski definition) is 2. The number of aromatic nitrogens is 2. The summed E-state index contributed by atoms with van der Waals surface area (Å²) in [7, 11) is 1.67. The minimum Gasteiger partial charge on any atom is -0.347 e. The van der Waals surface area contributed by atoms with Gasteiger partial charge in [0.05, 0.1) is 12.6 Å². The third-order valence-corrected chi connectivity index (χ3v) is 1.97. The number of amides is 1. The Morgan fingerprint density at radius 2 is 2.60 bits per heavy atom. The van der Waals surface area contributed by atoms with E-state index >= 15 is 0 Å². The summed E-state index contributed by atoms with van der Waals surface area (Å²) >= 11 is 0. The zero-order valence-electron chi connectivity index (χ0n) is 8.60. The third kappa shape index (κ3) is 3.11. The lowest BCUT2D eigenvalue weighted by atomic mass is 10.2. The highest BCUT2D eigenvalue weighted by Gasteiger charge is 2.17. The second kappa shape index (κ2) is 5.17. The smallest absolute Gasteiger partial charge is 0.240 e. The second-order valence-electron chi connectivity index (χ2n) is 3.24. The topological polar surface area (TPSA) is 75.0 Å². The molecule has 1 rings (SSSR count). The quantitative estimate of drug-likeness (QED) is 0.665. The predicted octanol–water partition coefficient (Wildman–Crippen LogP) is -0.281. The van der Waals surface area contributed by atoms with E-state index in [1.54, 1.807) is 19.4 Å². The third-order valence-electron chi connectivity index (χ3n) is 1.97. The van der Waals surface area contributed by atoms with E-state index in [0.29, 0.717) is 6.54 Å². The summed E-state index contributed by atoms with van der Waals surface area (Å²) < 4.78 is 0. The van der Waals surface area contributed by atoms with Crippen molar-refractivity contribution in [2.24, 2.45) is 5.73 Å². The number of carbonyl (C=O) groups is 1. The lowest BCUT2D eigenvalue weighted by molar-refractivity contribution is -0.131. The highest BCUT2D eigenvalue weighted by Crippen LogP contribution is 1.99. The van der Waals surface area contributed by atoms with Crippen LogP contribution in [0, 0.1) is 12.3 Å². The number of nitrogens with two attached hydrogens (primary N) is 1. The molecule has 1 unspecified atom stereocenters. The molecule has 0 aromatic carbocycles. The fourth-order valence-electron chi connectivity index (χ4n) is 1.18. The van der Waals surface area contributed by atoms with Gasteiger partial charge in [0, 0.05) is 25.9 Å². The Balaban J connectivity index is 2.50. The van der Waals surface area contributed by atoms with Gasteiger partial charge in [-0.3, -0.25) is 4.79 Å². The van der Waals surface area contributed by atoms with Crippen molar-refractivity contribution in [2.75, 3.05) is 7.05 Å². The Labute approximate surface area is 88.7 Å². The molecule has 5 nitrogen and oxygen atoms in total. The molecule has 3 N–H and O–H groups in total. The number of H-pyrrole nitrogens is 1. The SMILES string of the molecule is C#CCC(N)C(=O)N(C)Cc1ncc[nH]1. The van der Waals surface area contributed by atoms with Crippen molar-refractivity contribution in [1.82, 2.24) is 14.9 Å². The van der Waals surface area contributed by atoms with Gasteiger partial charge < -0.3 is 15.6 Å². The highest BCUT2D eigenvalue weighted by atomic mass is 16.2. The fraction of sp³-hybridized carbons (Fsp3) is 0.400. The number of nitrogens with one attached hydrogen (secondary N) is 1.